The first kappa shape index (κ1) is 15.4. The highest BCUT2D eigenvalue weighted by atomic mass is 35.5. The van der Waals surface area contributed by atoms with Crippen LogP contribution in [0.25, 0.3) is 0 Å². The van der Waals surface area contributed by atoms with Gasteiger partial charge < -0.3 is 16.3 Å². The van der Waals surface area contributed by atoms with Gasteiger partial charge in [0.15, 0.2) is 5.82 Å². The van der Waals surface area contributed by atoms with E-state index in [0.717, 1.165) is 0 Å². The van der Waals surface area contributed by atoms with Crippen LogP contribution in [0.15, 0.2) is 6.20 Å². The molecule has 18 heavy (non-hydrogen) atoms. The van der Waals surface area contributed by atoms with Crippen LogP contribution in [0.2, 0.25) is 0 Å². The van der Waals surface area contributed by atoms with Gasteiger partial charge in [0.1, 0.15) is 11.4 Å². The molecule has 0 spiro atoms. The van der Waals surface area contributed by atoms with Crippen molar-refractivity contribution >= 4 is 70.0 Å². The Morgan fingerprint density at radius 3 is 1.83 bits per heavy atom. The number of nitrogens with one attached hydrogen (secondary N) is 8. The summed E-state index contributed by atoms with van der Waals surface area (Å²) in [4.78, 5) is 13.0. The van der Waals surface area contributed by atoms with E-state index in [4.69, 9.17) is 47.1 Å². The highest BCUT2D eigenvalue weighted by Crippen LogP contribution is 2.34. The fourth-order valence-corrected chi connectivity index (χ4v) is 1.52. The fraction of sp³-hybridized carbons (Fsp3) is 0. The van der Waals surface area contributed by atoms with Crippen LogP contribution >= 0.6 is 47.1 Å². The molecule has 9 nitrogen and oxygen atoms in total. The van der Waals surface area contributed by atoms with E-state index in [1.54, 1.807) is 0 Å². The molecule has 0 aromatic carbocycles. The second-order valence-corrected chi connectivity index (χ2v) is 3.40. The van der Waals surface area contributed by atoms with Gasteiger partial charge >= 0.3 is 0 Å². The Labute approximate surface area is 123 Å². The minimum atomic E-state index is 0.340. The summed E-state index contributed by atoms with van der Waals surface area (Å²) in [7, 11) is 0. The van der Waals surface area contributed by atoms with E-state index in [2.05, 4.69) is 46.5 Å². The molecule has 0 aliphatic rings. The van der Waals surface area contributed by atoms with E-state index in [0.29, 0.717) is 22.9 Å². The van der Waals surface area contributed by atoms with E-state index in [9.17, 15) is 0 Å². The predicted molar refractivity (Wildman–Crippen MR) is 74.7 cm³/mol. The molecule has 1 aromatic heterocycles. The number of halogens is 4. The predicted octanol–water partition coefficient (Wildman–Crippen LogP) is 1.36. The van der Waals surface area contributed by atoms with Crippen molar-refractivity contribution in [2.24, 2.45) is 0 Å². The third-order valence-corrected chi connectivity index (χ3v) is 2.15. The lowest BCUT2D eigenvalue weighted by atomic mass is 10.3. The summed E-state index contributed by atoms with van der Waals surface area (Å²) in [6.07, 6.45) is 1.46. The van der Waals surface area contributed by atoms with Crippen molar-refractivity contribution in [3.63, 3.8) is 0 Å². The van der Waals surface area contributed by atoms with Gasteiger partial charge in [-0.15, -0.1) is 19.8 Å². The molecule has 8 N–H and O–H groups in total. The van der Waals surface area contributed by atoms with Crippen LogP contribution in [0, 0.1) is 0 Å². The van der Waals surface area contributed by atoms with E-state index in [-0.39, 0.29) is 0 Å². The average Bonchev–Trinajstić information content (AvgIpc) is 2.37. The molecule has 1 aromatic rings. The van der Waals surface area contributed by atoms with Gasteiger partial charge in [-0.1, -0.05) is 0 Å². The van der Waals surface area contributed by atoms with Gasteiger partial charge in [-0.25, -0.2) is 4.98 Å². The van der Waals surface area contributed by atoms with E-state index in [1.165, 1.54) is 6.20 Å². The lowest BCUT2D eigenvalue weighted by Gasteiger charge is -2.18. The van der Waals surface area contributed by atoms with Crippen LogP contribution in [0.3, 0.4) is 0 Å². The van der Waals surface area contributed by atoms with Gasteiger partial charge in [0, 0.05) is 0 Å². The molecule has 0 saturated carbocycles. The Balaban J connectivity index is 3.19. The summed E-state index contributed by atoms with van der Waals surface area (Å²) in [5.74, 6) is 0.340. The van der Waals surface area contributed by atoms with Crippen molar-refractivity contribution in [1.29, 1.82) is 0 Å². The lowest BCUT2D eigenvalue weighted by Crippen LogP contribution is -2.22. The van der Waals surface area contributed by atoms with Crippen LogP contribution in [-0.4, -0.2) is 4.98 Å². The van der Waals surface area contributed by atoms with Crippen molar-refractivity contribution in [3.05, 3.63) is 6.20 Å². The zero-order valence-corrected chi connectivity index (χ0v) is 11.6. The molecule has 0 aliphatic carbocycles. The molecule has 1 heterocycles. The summed E-state index contributed by atoms with van der Waals surface area (Å²) in [6, 6.07) is 0. The Hall–Kier alpha value is -0.650. The summed E-state index contributed by atoms with van der Waals surface area (Å²) in [5, 5.41) is 0. The third-order valence-electron chi connectivity index (χ3n) is 1.77. The van der Waals surface area contributed by atoms with E-state index in [1.807, 2.05) is 0 Å². The number of hydrazine groups is 4. The van der Waals surface area contributed by atoms with Gasteiger partial charge in [0.05, 0.1) is 11.9 Å². The Morgan fingerprint density at radius 2 is 1.28 bits per heavy atom. The number of rotatable bonds is 8. The first-order chi connectivity index (χ1) is 8.78. The zero-order valence-electron chi connectivity index (χ0n) is 8.54. The van der Waals surface area contributed by atoms with Crippen LogP contribution in [0.4, 0.5) is 22.9 Å². The minimum absolute atomic E-state index is 0.340. The number of nitrogens with zero attached hydrogens (tertiary/aromatic N) is 1. The average molecular weight is 337 g/mol. The van der Waals surface area contributed by atoms with Crippen molar-refractivity contribution in [2.75, 3.05) is 21.7 Å². The monoisotopic (exact) mass is 335 g/mol. The maximum atomic E-state index is 5.40. The highest BCUT2D eigenvalue weighted by Gasteiger charge is 2.14. The Kier molecular flexibility index (Phi) is 7.23. The molecule has 0 unspecified atom stereocenters. The summed E-state index contributed by atoms with van der Waals surface area (Å²) >= 11 is 21.5. The molecule has 0 bridgehead atoms. The largest absolute Gasteiger partial charge is 0.304 e. The third kappa shape index (κ3) is 3.93. The molecule has 0 saturated heterocycles. The van der Waals surface area contributed by atoms with Crippen LogP contribution in [0.1, 0.15) is 0 Å². The summed E-state index contributed by atoms with van der Waals surface area (Å²) < 4.78 is 0. The Bertz CT molecular complexity index is 341. The van der Waals surface area contributed by atoms with Crippen molar-refractivity contribution in [2.45, 2.75) is 0 Å². The Morgan fingerprint density at radius 1 is 0.722 bits per heavy atom. The standard InChI is InChI=1S/C5H9Cl4N9/c6-15-11-2-1-10-5(14-18-9)4(13-17-8)3(2)12-16-7/h1,11,13,15-18H,(H2,10,12,14). The first-order valence-corrected chi connectivity index (χ1v) is 5.79. The number of pyridine rings is 1. The van der Waals surface area contributed by atoms with E-state index < -0.39 is 0 Å². The second-order valence-electron chi connectivity index (χ2n) is 2.65. The first-order valence-electron chi connectivity index (χ1n) is 4.28. The number of hydrogen-bond donors (Lipinski definition) is 8. The van der Waals surface area contributed by atoms with Gasteiger partial charge in [0.2, 0.25) is 0 Å². The molecule has 0 radical (unpaired) electrons. The van der Waals surface area contributed by atoms with E-state index >= 15 is 0 Å². The molecule has 102 valence electrons. The normalized spacial score (nSPS) is 10.0. The minimum Gasteiger partial charge on any atom is -0.304 e. The van der Waals surface area contributed by atoms with Crippen LogP contribution in [0.5, 0.6) is 0 Å². The zero-order chi connectivity index (χ0) is 13.4. The number of hydrogen-bond acceptors (Lipinski definition) is 9. The topological polar surface area (TPSA) is 109 Å². The molecule has 13 heteroatoms. The fourth-order valence-electron chi connectivity index (χ4n) is 1.14. The number of aromatic nitrogens is 1. The van der Waals surface area contributed by atoms with Crippen LogP contribution < -0.4 is 41.5 Å². The molecular formula is C5H9Cl4N9. The lowest BCUT2D eigenvalue weighted by molar-refractivity contribution is 1.09. The quantitative estimate of drug-likeness (QED) is 0.263. The van der Waals surface area contributed by atoms with Gasteiger partial charge in [-0.2, -0.15) is 0 Å². The van der Waals surface area contributed by atoms with Gasteiger partial charge in [-0.05, 0) is 47.1 Å². The number of anilines is 4. The molecule has 0 amide bonds. The molecule has 0 atom stereocenters. The molecule has 0 fully saturated rings. The second kappa shape index (κ2) is 8.45. The summed E-state index contributed by atoms with van der Waals surface area (Å²) in [5.41, 5.74) is 11.8. The smallest absolute Gasteiger partial charge is 0.168 e. The SMILES string of the molecule is ClNNc1cnc(NNCl)c(NNCl)c1NNCl. The van der Waals surface area contributed by atoms with Crippen molar-refractivity contribution in [3.8, 4) is 0 Å². The van der Waals surface area contributed by atoms with Crippen LogP contribution in [-0.2, 0) is 0 Å². The van der Waals surface area contributed by atoms with Gasteiger partial charge in [-0.3, -0.25) is 5.43 Å². The summed E-state index contributed by atoms with van der Waals surface area (Å²) in [6.45, 7) is 0. The molecule has 1 rings (SSSR count). The van der Waals surface area contributed by atoms with Gasteiger partial charge in [0.25, 0.3) is 0 Å². The molecular weight excluding hydrogens is 328 g/mol. The maximum Gasteiger partial charge on any atom is 0.168 e. The highest BCUT2D eigenvalue weighted by molar-refractivity contribution is 6.16. The maximum absolute atomic E-state index is 5.40. The molecule has 0 aliphatic heterocycles. The van der Waals surface area contributed by atoms with Crippen molar-refractivity contribution < 1.29 is 0 Å². The van der Waals surface area contributed by atoms with Crippen molar-refractivity contribution in [1.82, 2.24) is 24.8 Å².